The third kappa shape index (κ3) is 18.4. The normalized spacial score (nSPS) is 19.3. The molecular weight excluding hydrogens is 1250 g/mol. The van der Waals surface area contributed by atoms with Gasteiger partial charge in [0.05, 0.1) is 11.1 Å². The summed E-state index contributed by atoms with van der Waals surface area (Å²) in [5, 5.41) is 23.1. The van der Waals surface area contributed by atoms with Crippen molar-refractivity contribution < 1.29 is 57.8 Å². The van der Waals surface area contributed by atoms with E-state index in [2.05, 4.69) is 106 Å². The van der Waals surface area contributed by atoms with Crippen LogP contribution in [0.1, 0.15) is 280 Å². The SMILES string of the molecule is CCCCCc1cc(OC(=O)C(=O)Oc2cc(CCCCC)cc(O)c2[C@@H]2C[C@@H](C)CC[C@H]2C(C)C)c2c(c1)OC(C)(C)c1ccc(C)cc1-2.CCCCCc1cc(OC(=O)C(=O)Oc2cc(CCCCC)cc(O)c2[C@@H]2C[C@H](C)CC[C@H]2C(C)C)c2c(c1)OC(C)(C)c1ccc(C)cc1-2. The molecule has 12 heteroatoms. The number of hydrogen-bond donors (Lipinski definition) is 2. The Hall–Kier alpha value is -7.60. The van der Waals surface area contributed by atoms with Crippen LogP contribution < -0.4 is 28.4 Å². The molecule has 0 bridgehead atoms. The predicted molar refractivity (Wildman–Crippen MR) is 400 cm³/mol. The number of ether oxygens (including phenoxy) is 6. The van der Waals surface area contributed by atoms with Gasteiger partial charge in [-0.1, -0.05) is 181 Å². The van der Waals surface area contributed by atoms with E-state index in [0.29, 0.717) is 69.3 Å². The number of esters is 4. The largest absolute Gasteiger partial charge is 0.508 e. The van der Waals surface area contributed by atoms with Crippen LogP contribution in [0.15, 0.2) is 84.9 Å². The molecule has 2 aliphatic heterocycles. The van der Waals surface area contributed by atoms with Gasteiger partial charge in [0.15, 0.2) is 0 Å². The minimum absolute atomic E-state index is 0.00864. The molecule has 6 aromatic rings. The van der Waals surface area contributed by atoms with E-state index >= 15 is 0 Å². The Balaban J connectivity index is 0.000000233. The summed E-state index contributed by atoms with van der Waals surface area (Å²) in [6.07, 6.45) is 21.7. The first kappa shape index (κ1) is 76.6. The van der Waals surface area contributed by atoms with E-state index in [4.69, 9.17) is 28.4 Å². The lowest BCUT2D eigenvalue weighted by atomic mass is 9.67. The van der Waals surface area contributed by atoms with E-state index in [1.54, 1.807) is 0 Å². The van der Waals surface area contributed by atoms with Crippen LogP contribution in [-0.2, 0) is 56.1 Å². The molecule has 4 aliphatic rings. The van der Waals surface area contributed by atoms with E-state index in [1.807, 2.05) is 90.1 Å². The second-order valence-electron chi connectivity index (χ2n) is 31.6. The van der Waals surface area contributed by atoms with Crippen molar-refractivity contribution >= 4 is 23.9 Å². The summed E-state index contributed by atoms with van der Waals surface area (Å²) in [4.78, 5) is 55.1. The van der Waals surface area contributed by atoms with Crippen LogP contribution in [0.3, 0.4) is 0 Å². The summed E-state index contributed by atoms with van der Waals surface area (Å²) in [6, 6.07) is 27.6. The first-order valence-electron chi connectivity index (χ1n) is 38.2. The van der Waals surface area contributed by atoms with Gasteiger partial charge in [-0.15, -0.1) is 0 Å². The molecular formula is C88H116O12. The zero-order valence-corrected chi connectivity index (χ0v) is 63.2. The van der Waals surface area contributed by atoms with Gasteiger partial charge < -0.3 is 38.6 Å². The fourth-order valence-electron chi connectivity index (χ4n) is 16.4. The van der Waals surface area contributed by atoms with Crippen LogP contribution in [0.5, 0.6) is 46.0 Å². The summed E-state index contributed by atoms with van der Waals surface area (Å²) in [7, 11) is 0. The van der Waals surface area contributed by atoms with E-state index in [1.165, 1.54) is 0 Å². The highest BCUT2D eigenvalue weighted by atomic mass is 16.6. The van der Waals surface area contributed by atoms with Crippen LogP contribution in [0.2, 0.25) is 0 Å². The maximum Gasteiger partial charge on any atom is 0.423 e. The van der Waals surface area contributed by atoms with E-state index < -0.39 is 35.1 Å². The second-order valence-corrected chi connectivity index (χ2v) is 31.6. The number of phenolic OH excluding ortho intramolecular Hbond substituents is 2. The molecule has 100 heavy (non-hydrogen) atoms. The van der Waals surface area contributed by atoms with Gasteiger partial charge in [0.1, 0.15) is 57.2 Å². The molecule has 540 valence electrons. The van der Waals surface area contributed by atoms with Crippen molar-refractivity contribution in [3.05, 3.63) is 141 Å². The molecule has 2 heterocycles. The van der Waals surface area contributed by atoms with Crippen molar-refractivity contribution in [3.8, 4) is 68.2 Å². The monoisotopic (exact) mass is 1360 g/mol. The number of fused-ring (bicyclic) bond motifs is 6. The molecule has 0 radical (unpaired) electrons. The molecule has 2 N–H and O–H groups in total. The van der Waals surface area contributed by atoms with Gasteiger partial charge in [-0.3, -0.25) is 0 Å². The third-order valence-electron chi connectivity index (χ3n) is 21.7. The summed E-state index contributed by atoms with van der Waals surface area (Å²) in [5.41, 5.74) is 11.1. The minimum Gasteiger partial charge on any atom is -0.508 e. The Morgan fingerprint density at radius 1 is 0.440 bits per heavy atom. The highest BCUT2D eigenvalue weighted by Crippen LogP contribution is 2.55. The zero-order valence-electron chi connectivity index (χ0n) is 63.2. The van der Waals surface area contributed by atoms with Gasteiger partial charge in [0.2, 0.25) is 0 Å². The summed E-state index contributed by atoms with van der Waals surface area (Å²) in [5.74, 6) is 0.636. The molecule has 12 nitrogen and oxygen atoms in total. The second kappa shape index (κ2) is 33.9. The average molecular weight is 1370 g/mol. The zero-order chi connectivity index (χ0) is 72.3. The first-order valence-corrected chi connectivity index (χ1v) is 38.2. The highest BCUT2D eigenvalue weighted by molar-refractivity contribution is 6.31. The van der Waals surface area contributed by atoms with Crippen molar-refractivity contribution in [1.82, 2.24) is 0 Å². The molecule has 6 atom stereocenters. The van der Waals surface area contributed by atoms with Crippen molar-refractivity contribution in [2.24, 2.45) is 35.5 Å². The number of aryl methyl sites for hydroxylation is 6. The topological polar surface area (TPSA) is 164 Å². The molecule has 0 saturated heterocycles. The van der Waals surface area contributed by atoms with Gasteiger partial charge in [-0.25, -0.2) is 19.2 Å². The van der Waals surface area contributed by atoms with Crippen molar-refractivity contribution in [2.45, 2.75) is 275 Å². The maximum absolute atomic E-state index is 13.8. The smallest absolute Gasteiger partial charge is 0.423 e. The molecule has 2 saturated carbocycles. The summed E-state index contributed by atoms with van der Waals surface area (Å²) >= 11 is 0. The Morgan fingerprint density at radius 3 is 1.07 bits per heavy atom. The number of hydrogen-bond acceptors (Lipinski definition) is 12. The number of carbonyl (C=O) groups excluding carboxylic acids is 4. The Bertz CT molecular complexity index is 3620. The number of unbranched alkanes of at least 4 members (excludes halogenated alkanes) is 8. The van der Waals surface area contributed by atoms with Crippen LogP contribution >= 0.6 is 0 Å². The van der Waals surface area contributed by atoms with Gasteiger partial charge >= 0.3 is 23.9 Å². The lowest BCUT2D eigenvalue weighted by Gasteiger charge is -2.38. The molecule has 0 spiro atoms. The van der Waals surface area contributed by atoms with Gasteiger partial charge in [-0.2, -0.15) is 0 Å². The predicted octanol–water partition coefficient (Wildman–Crippen LogP) is 22.3. The van der Waals surface area contributed by atoms with Gasteiger partial charge in [0, 0.05) is 22.3 Å². The first-order chi connectivity index (χ1) is 47.6. The number of rotatable bonds is 24. The Labute approximate surface area is 598 Å². The standard InChI is InChI=1S/2C44H58O6/c2*1-9-11-13-15-30-23-36(45)40(33-21-28(5)17-19-32(33)27(3)4)37(24-30)48-42(46)43(47)49-38-25-31(16-14-12-10-2)26-39-41(38)34-22-29(6)18-20-35(34)44(7,8)50-39/h2*18,20,22-28,32-33,45H,9-17,19,21H2,1-8H3/t28-,32+,33-;28-,32-,33+/m10/s1. The van der Waals surface area contributed by atoms with Crippen LogP contribution in [0.4, 0.5) is 0 Å². The maximum atomic E-state index is 13.8. The molecule has 2 aliphatic carbocycles. The summed E-state index contributed by atoms with van der Waals surface area (Å²) < 4.78 is 37.1. The van der Waals surface area contributed by atoms with Crippen LogP contribution in [0.25, 0.3) is 22.3 Å². The number of benzene rings is 6. The quantitative estimate of drug-likeness (QED) is 0.0255. The Morgan fingerprint density at radius 2 is 0.750 bits per heavy atom. The molecule has 2 fully saturated rings. The van der Waals surface area contributed by atoms with Gasteiger partial charge in [0.25, 0.3) is 0 Å². The molecule has 0 aromatic heterocycles. The fraction of sp³-hybridized carbons (Fsp3) is 0.545. The van der Waals surface area contributed by atoms with Crippen molar-refractivity contribution in [2.75, 3.05) is 0 Å². The number of carbonyl (C=O) groups is 4. The highest BCUT2D eigenvalue weighted by Gasteiger charge is 2.41. The van der Waals surface area contributed by atoms with E-state index in [0.717, 1.165) is 197 Å². The minimum atomic E-state index is -1.10. The van der Waals surface area contributed by atoms with Crippen molar-refractivity contribution in [1.29, 1.82) is 0 Å². The van der Waals surface area contributed by atoms with Crippen molar-refractivity contribution in [3.63, 3.8) is 0 Å². The number of aromatic hydroxyl groups is 2. The third-order valence-corrected chi connectivity index (χ3v) is 21.7. The summed E-state index contributed by atoms with van der Waals surface area (Å²) in [6.45, 7) is 34.2. The number of phenols is 2. The van der Waals surface area contributed by atoms with E-state index in [9.17, 15) is 29.4 Å². The molecule has 0 amide bonds. The van der Waals surface area contributed by atoms with Gasteiger partial charge in [-0.05, 0) is 248 Å². The average Bonchev–Trinajstić information content (AvgIpc) is 0.749. The molecule has 6 aromatic carbocycles. The molecule has 0 unspecified atom stereocenters. The molecule has 10 rings (SSSR count). The van der Waals surface area contributed by atoms with Crippen LogP contribution in [-0.4, -0.2) is 34.1 Å². The lowest BCUT2D eigenvalue weighted by molar-refractivity contribution is -0.156. The Kier molecular flexibility index (Phi) is 26.0. The fourth-order valence-corrected chi connectivity index (χ4v) is 16.4. The van der Waals surface area contributed by atoms with E-state index in [-0.39, 0.29) is 46.3 Å². The van der Waals surface area contributed by atoms with Crippen LogP contribution in [0, 0.1) is 49.4 Å². The lowest BCUT2D eigenvalue weighted by Crippen LogP contribution is -2.31.